The van der Waals surface area contributed by atoms with Crippen LogP contribution in [-0.4, -0.2) is 17.9 Å². The summed E-state index contributed by atoms with van der Waals surface area (Å²) in [4.78, 5) is 0. The second-order valence-electron chi connectivity index (χ2n) is 3.74. The second kappa shape index (κ2) is 4.78. The lowest BCUT2D eigenvalue weighted by Gasteiger charge is -2.17. The number of hydrogen-bond donors (Lipinski definition) is 1. The molecule has 2 rings (SSSR count). The summed E-state index contributed by atoms with van der Waals surface area (Å²) < 4.78 is 13.6. The summed E-state index contributed by atoms with van der Waals surface area (Å²) in [5, 5.41) is 8.39. The Morgan fingerprint density at radius 2 is 1.76 bits per heavy atom. The van der Waals surface area contributed by atoms with Crippen LogP contribution in [0.15, 0.2) is 60.2 Å². The molecule has 1 aromatic rings. The molecule has 0 saturated heterocycles. The highest BCUT2D eigenvalue weighted by Gasteiger charge is 2.15. The van der Waals surface area contributed by atoms with Crippen LogP contribution in [0.5, 0.6) is 0 Å². The molecule has 17 heavy (non-hydrogen) atoms. The molecule has 0 amide bonds. The number of hydrogen-bond acceptors (Lipinski definition) is 2. The van der Waals surface area contributed by atoms with E-state index in [-0.39, 0.29) is 0 Å². The Labute approximate surface area is 99.8 Å². The Balaban J connectivity index is 2.57. The first-order valence-corrected chi connectivity index (χ1v) is 5.33. The fourth-order valence-electron chi connectivity index (χ4n) is 1.79. The monoisotopic (exact) mass is 228 g/mol. The summed E-state index contributed by atoms with van der Waals surface area (Å²) in [5.74, 6) is 0. The average molecular weight is 228 g/mol. The molecule has 3 heteroatoms. The third kappa shape index (κ3) is 2.33. The van der Waals surface area contributed by atoms with Crippen molar-refractivity contribution >= 4 is 11.4 Å². The first-order chi connectivity index (χ1) is 8.20. The van der Waals surface area contributed by atoms with Gasteiger partial charge in [0, 0.05) is 18.2 Å². The zero-order chi connectivity index (χ0) is 12.3. The van der Waals surface area contributed by atoms with Gasteiger partial charge in [-0.15, -0.1) is 4.48 Å². The van der Waals surface area contributed by atoms with Crippen LogP contribution in [-0.2, 0) is 0 Å². The molecule has 0 spiro atoms. The lowest BCUT2D eigenvalue weighted by molar-refractivity contribution is 0.145. The third-order valence-electron chi connectivity index (χ3n) is 2.54. The fourth-order valence-corrected chi connectivity index (χ4v) is 1.79. The normalized spacial score (nSPS) is 17.2. The molecular weight excluding hydrogens is 215 g/mol. The van der Waals surface area contributed by atoms with Gasteiger partial charge in [0.25, 0.3) is 0 Å². The van der Waals surface area contributed by atoms with Crippen molar-refractivity contribution in [1.29, 1.82) is 5.41 Å². The van der Waals surface area contributed by atoms with Gasteiger partial charge in [0.2, 0.25) is 0 Å². The lowest BCUT2D eigenvalue weighted by atomic mass is 9.99. The highest BCUT2D eigenvalue weighted by Crippen LogP contribution is 2.25. The Hall–Kier alpha value is -2.16. The van der Waals surface area contributed by atoms with Crippen molar-refractivity contribution < 1.29 is 4.48 Å². The van der Waals surface area contributed by atoms with Gasteiger partial charge in [-0.05, 0) is 6.08 Å². The predicted octanol–water partition coefficient (Wildman–Crippen LogP) is 3.36. The average Bonchev–Trinajstić information content (AvgIpc) is 2.33. The molecule has 1 N–H and O–H groups in total. The van der Waals surface area contributed by atoms with E-state index in [2.05, 4.69) is 0 Å². The van der Waals surface area contributed by atoms with Gasteiger partial charge in [0.15, 0.2) is 0 Å². The molecule has 1 aliphatic rings. The third-order valence-corrected chi connectivity index (χ3v) is 2.54. The number of rotatable bonds is 2. The standard InChI is InChI=1S/C14H13FN2/c1-17(15)14(11-7-3-2-4-8-11)12-9-5-6-10-13(12)16/h2-10,16H,1H3/b14-12-,16-13?. The first kappa shape index (κ1) is 11.3. The quantitative estimate of drug-likeness (QED) is 0.772. The molecule has 0 atom stereocenters. The Morgan fingerprint density at radius 1 is 1.12 bits per heavy atom. The van der Waals surface area contributed by atoms with E-state index in [1.165, 1.54) is 7.05 Å². The number of nitrogens with zero attached hydrogens (tertiary/aromatic N) is 1. The molecule has 0 aliphatic heterocycles. The highest BCUT2D eigenvalue weighted by molar-refractivity contribution is 6.14. The van der Waals surface area contributed by atoms with Gasteiger partial charge in [-0.1, -0.05) is 48.6 Å². The molecule has 1 aromatic carbocycles. The van der Waals surface area contributed by atoms with Gasteiger partial charge in [-0.3, -0.25) is 0 Å². The number of allylic oxidation sites excluding steroid dienone is 5. The van der Waals surface area contributed by atoms with Crippen molar-refractivity contribution in [2.45, 2.75) is 0 Å². The minimum absolute atomic E-state index is 0.316. The summed E-state index contributed by atoms with van der Waals surface area (Å²) in [6.45, 7) is 0. The maximum Gasteiger partial charge on any atom is 0.0850 e. The van der Waals surface area contributed by atoms with E-state index in [1.54, 1.807) is 24.3 Å². The molecule has 0 fully saturated rings. The van der Waals surface area contributed by atoms with Crippen LogP contribution in [0.4, 0.5) is 4.48 Å². The maximum absolute atomic E-state index is 13.6. The predicted molar refractivity (Wildman–Crippen MR) is 68.2 cm³/mol. The van der Waals surface area contributed by atoms with E-state index in [4.69, 9.17) is 5.41 Å². The van der Waals surface area contributed by atoms with E-state index in [1.807, 2.05) is 30.3 Å². The minimum Gasteiger partial charge on any atom is -0.300 e. The lowest BCUT2D eigenvalue weighted by Crippen LogP contribution is -2.12. The molecular formula is C14H13FN2. The maximum atomic E-state index is 13.6. The van der Waals surface area contributed by atoms with Gasteiger partial charge in [-0.25, -0.2) is 5.12 Å². The largest absolute Gasteiger partial charge is 0.300 e. The Kier molecular flexibility index (Phi) is 3.19. The molecule has 0 heterocycles. The summed E-state index contributed by atoms with van der Waals surface area (Å²) in [5.41, 5.74) is 2.08. The van der Waals surface area contributed by atoms with E-state index in [9.17, 15) is 4.48 Å². The fraction of sp³-hybridized carbons (Fsp3) is 0.0714. The summed E-state index contributed by atoms with van der Waals surface area (Å²) in [6.07, 6.45) is 6.98. The number of benzene rings is 1. The van der Waals surface area contributed by atoms with Gasteiger partial charge in [0.1, 0.15) is 0 Å². The highest BCUT2D eigenvalue weighted by atomic mass is 19.2. The first-order valence-electron chi connectivity index (χ1n) is 5.33. The van der Waals surface area contributed by atoms with Gasteiger partial charge in [0.05, 0.1) is 11.4 Å². The van der Waals surface area contributed by atoms with Gasteiger partial charge in [-0.2, -0.15) is 0 Å². The van der Waals surface area contributed by atoms with Crippen LogP contribution in [0.1, 0.15) is 5.56 Å². The van der Waals surface area contributed by atoms with E-state index in [0.717, 1.165) is 5.56 Å². The Morgan fingerprint density at radius 3 is 2.35 bits per heavy atom. The van der Waals surface area contributed by atoms with Crippen LogP contribution in [0.2, 0.25) is 0 Å². The van der Waals surface area contributed by atoms with Crippen LogP contribution in [0.3, 0.4) is 0 Å². The second-order valence-corrected chi connectivity index (χ2v) is 3.74. The van der Waals surface area contributed by atoms with Gasteiger partial charge >= 0.3 is 0 Å². The molecule has 0 saturated carbocycles. The molecule has 1 aliphatic carbocycles. The van der Waals surface area contributed by atoms with Crippen molar-refractivity contribution in [3.05, 3.63) is 65.8 Å². The summed E-state index contributed by atoms with van der Waals surface area (Å²) >= 11 is 0. The van der Waals surface area contributed by atoms with E-state index >= 15 is 0 Å². The van der Waals surface area contributed by atoms with Crippen LogP contribution >= 0.6 is 0 Å². The SMILES string of the molecule is CN(F)/C(=C1/C=CC=CC1=N)c1ccccc1. The number of halogens is 1. The number of nitrogens with one attached hydrogen (secondary N) is 1. The molecule has 0 radical (unpaired) electrons. The summed E-state index contributed by atoms with van der Waals surface area (Å²) in [6, 6.07) is 9.25. The van der Waals surface area contributed by atoms with E-state index in [0.29, 0.717) is 22.1 Å². The van der Waals surface area contributed by atoms with Crippen molar-refractivity contribution in [2.75, 3.05) is 7.05 Å². The molecule has 0 aromatic heterocycles. The summed E-state index contributed by atoms with van der Waals surface area (Å²) in [7, 11) is 1.34. The van der Waals surface area contributed by atoms with Crippen LogP contribution in [0, 0.1) is 5.41 Å². The van der Waals surface area contributed by atoms with Crippen molar-refractivity contribution in [1.82, 2.24) is 5.12 Å². The van der Waals surface area contributed by atoms with Crippen molar-refractivity contribution in [3.63, 3.8) is 0 Å². The molecule has 0 bridgehead atoms. The smallest absolute Gasteiger partial charge is 0.0850 e. The molecule has 0 unspecified atom stereocenters. The Bertz CT molecular complexity index is 510. The zero-order valence-electron chi connectivity index (χ0n) is 9.52. The van der Waals surface area contributed by atoms with Crippen molar-refractivity contribution in [3.8, 4) is 0 Å². The van der Waals surface area contributed by atoms with Gasteiger partial charge < -0.3 is 5.41 Å². The van der Waals surface area contributed by atoms with Crippen molar-refractivity contribution in [2.24, 2.45) is 0 Å². The topological polar surface area (TPSA) is 27.1 Å². The van der Waals surface area contributed by atoms with E-state index < -0.39 is 0 Å². The zero-order valence-corrected chi connectivity index (χ0v) is 9.52. The van der Waals surface area contributed by atoms with Crippen LogP contribution in [0.25, 0.3) is 5.70 Å². The molecule has 2 nitrogen and oxygen atoms in total. The van der Waals surface area contributed by atoms with Crippen LogP contribution < -0.4 is 0 Å². The minimum atomic E-state index is 0.316. The molecule has 86 valence electrons.